The average Bonchev–Trinajstić information content (AvgIpc) is 2.60. The Balaban J connectivity index is 2.38. The fourth-order valence-electron chi connectivity index (χ4n) is 2.08. The van der Waals surface area contributed by atoms with Gasteiger partial charge >= 0.3 is 0 Å². The van der Waals surface area contributed by atoms with E-state index in [1.807, 2.05) is 6.07 Å². The zero-order valence-electron chi connectivity index (χ0n) is 10.7. The number of sulfone groups is 1. The summed E-state index contributed by atoms with van der Waals surface area (Å²) >= 11 is 0. The van der Waals surface area contributed by atoms with Crippen molar-refractivity contribution in [1.82, 2.24) is 4.31 Å². The maximum atomic E-state index is 12.5. The predicted molar refractivity (Wildman–Crippen MR) is 73.2 cm³/mol. The van der Waals surface area contributed by atoms with Crippen LogP contribution in [-0.2, 0) is 19.9 Å². The highest BCUT2D eigenvalue weighted by Gasteiger charge is 2.30. The van der Waals surface area contributed by atoms with Crippen LogP contribution in [0.5, 0.6) is 0 Å². The molecule has 1 heterocycles. The molecule has 1 saturated heterocycles. The molecule has 0 unspecified atom stereocenters. The van der Waals surface area contributed by atoms with Crippen molar-refractivity contribution in [2.24, 2.45) is 0 Å². The molecule has 0 saturated carbocycles. The van der Waals surface area contributed by atoms with E-state index in [1.165, 1.54) is 12.1 Å². The Morgan fingerprint density at radius 1 is 1.15 bits per heavy atom. The molecule has 0 amide bonds. The number of nitriles is 1. The molecule has 1 aliphatic rings. The topological polar surface area (TPSA) is 95.3 Å². The van der Waals surface area contributed by atoms with Crippen molar-refractivity contribution in [3.63, 3.8) is 0 Å². The van der Waals surface area contributed by atoms with Crippen LogP contribution in [0.1, 0.15) is 12.0 Å². The van der Waals surface area contributed by atoms with E-state index < -0.39 is 19.9 Å². The van der Waals surface area contributed by atoms with E-state index in [1.54, 1.807) is 12.1 Å². The second-order valence-corrected chi connectivity index (χ2v) is 8.73. The fourth-order valence-corrected chi connectivity index (χ4v) is 5.09. The van der Waals surface area contributed by atoms with Crippen molar-refractivity contribution < 1.29 is 16.8 Å². The molecule has 0 radical (unpaired) electrons. The highest BCUT2D eigenvalue weighted by molar-refractivity contribution is 7.91. The van der Waals surface area contributed by atoms with Crippen molar-refractivity contribution in [2.45, 2.75) is 11.3 Å². The molecule has 20 heavy (non-hydrogen) atoms. The summed E-state index contributed by atoms with van der Waals surface area (Å²) in [5, 5.41) is 8.99. The van der Waals surface area contributed by atoms with Crippen LogP contribution >= 0.6 is 0 Å². The smallest absolute Gasteiger partial charge is 0.229 e. The van der Waals surface area contributed by atoms with Crippen LogP contribution in [0.15, 0.2) is 29.2 Å². The van der Waals surface area contributed by atoms with Crippen LogP contribution in [0.25, 0.3) is 0 Å². The van der Waals surface area contributed by atoms with Crippen LogP contribution in [0.4, 0.5) is 0 Å². The highest BCUT2D eigenvalue weighted by Crippen LogP contribution is 2.21. The first-order valence-electron chi connectivity index (χ1n) is 6.06. The van der Waals surface area contributed by atoms with Gasteiger partial charge in [0.15, 0.2) is 9.84 Å². The van der Waals surface area contributed by atoms with Crippen LogP contribution in [0, 0.1) is 11.3 Å². The molecule has 8 heteroatoms. The largest absolute Gasteiger partial charge is 0.244 e. The quantitative estimate of drug-likeness (QED) is 0.786. The third kappa shape index (κ3) is 3.00. The monoisotopic (exact) mass is 314 g/mol. The van der Waals surface area contributed by atoms with Gasteiger partial charge in [-0.05, 0) is 18.6 Å². The summed E-state index contributed by atoms with van der Waals surface area (Å²) in [6.07, 6.45) is 0.274. The predicted octanol–water partition coefficient (Wildman–Crippen LogP) is 0.367. The van der Waals surface area contributed by atoms with Gasteiger partial charge in [-0.1, -0.05) is 12.1 Å². The van der Waals surface area contributed by atoms with E-state index in [0.29, 0.717) is 0 Å². The zero-order valence-corrected chi connectivity index (χ0v) is 12.3. The lowest BCUT2D eigenvalue weighted by Gasteiger charge is -2.19. The molecule has 0 bridgehead atoms. The Morgan fingerprint density at radius 3 is 2.55 bits per heavy atom. The van der Waals surface area contributed by atoms with Gasteiger partial charge in [0.2, 0.25) is 10.0 Å². The first-order chi connectivity index (χ1) is 9.37. The molecule has 1 aliphatic heterocycles. The van der Waals surface area contributed by atoms with Gasteiger partial charge in [0.05, 0.1) is 22.0 Å². The Hall–Kier alpha value is -1.43. The lowest BCUT2D eigenvalue weighted by Crippen LogP contribution is -2.34. The summed E-state index contributed by atoms with van der Waals surface area (Å²) < 4.78 is 49.2. The third-order valence-corrected chi connectivity index (χ3v) is 6.81. The van der Waals surface area contributed by atoms with Gasteiger partial charge in [0.1, 0.15) is 6.07 Å². The number of sulfonamides is 1. The average molecular weight is 314 g/mol. The molecule has 2 rings (SSSR count). The lowest BCUT2D eigenvalue weighted by atomic mass is 10.2. The number of hydrogen-bond acceptors (Lipinski definition) is 5. The SMILES string of the molecule is N#Cc1ccccc1S(=O)(=O)N1CCCS(=O)(=O)CC1. The molecular weight excluding hydrogens is 300 g/mol. The van der Waals surface area contributed by atoms with Gasteiger partial charge in [0, 0.05) is 13.1 Å². The standard InChI is InChI=1S/C12H14N2O4S2/c13-10-11-4-1-2-5-12(11)20(17,18)14-6-3-8-19(15,16)9-7-14/h1-2,4-5H,3,6-9H2. The second kappa shape index (κ2) is 5.52. The van der Waals surface area contributed by atoms with E-state index in [2.05, 4.69) is 0 Å². The molecule has 0 aliphatic carbocycles. The number of benzene rings is 1. The first kappa shape index (κ1) is 15.0. The molecule has 108 valence electrons. The van der Waals surface area contributed by atoms with E-state index in [0.717, 1.165) is 4.31 Å². The Morgan fingerprint density at radius 2 is 1.85 bits per heavy atom. The van der Waals surface area contributed by atoms with Crippen molar-refractivity contribution in [2.75, 3.05) is 24.6 Å². The minimum atomic E-state index is -3.83. The minimum absolute atomic E-state index is 0.00107. The Kier molecular flexibility index (Phi) is 4.13. The molecule has 1 fully saturated rings. The maximum Gasteiger partial charge on any atom is 0.244 e. The van der Waals surface area contributed by atoms with Gasteiger partial charge in [-0.3, -0.25) is 0 Å². The van der Waals surface area contributed by atoms with Gasteiger partial charge in [-0.15, -0.1) is 0 Å². The third-order valence-electron chi connectivity index (χ3n) is 3.14. The van der Waals surface area contributed by atoms with E-state index in [4.69, 9.17) is 5.26 Å². The van der Waals surface area contributed by atoms with Crippen LogP contribution < -0.4 is 0 Å². The number of nitrogens with zero attached hydrogens (tertiary/aromatic N) is 2. The molecule has 1 aromatic rings. The van der Waals surface area contributed by atoms with Crippen LogP contribution in [-0.4, -0.2) is 45.7 Å². The maximum absolute atomic E-state index is 12.5. The normalized spacial score (nSPS) is 19.9. The summed E-state index contributed by atoms with van der Waals surface area (Å²) in [4.78, 5) is -0.0678. The molecule has 0 spiro atoms. The summed E-state index contributed by atoms with van der Waals surface area (Å²) in [5.74, 6) is -0.181. The van der Waals surface area contributed by atoms with Crippen molar-refractivity contribution >= 4 is 19.9 Å². The zero-order chi connectivity index (χ0) is 14.8. The van der Waals surface area contributed by atoms with E-state index in [9.17, 15) is 16.8 Å². The van der Waals surface area contributed by atoms with Crippen LogP contribution in [0.2, 0.25) is 0 Å². The molecule has 0 N–H and O–H groups in total. The molecule has 0 aromatic heterocycles. The summed E-state index contributed by atoms with van der Waals surface area (Å²) in [6, 6.07) is 7.78. The number of hydrogen-bond donors (Lipinski definition) is 0. The van der Waals surface area contributed by atoms with E-state index in [-0.39, 0.29) is 41.5 Å². The van der Waals surface area contributed by atoms with Crippen molar-refractivity contribution in [3.8, 4) is 6.07 Å². The molecule has 1 aromatic carbocycles. The minimum Gasteiger partial charge on any atom is -0.229 e. The van der Waals surface area contributed by atoms with Gasteiger partial charge < -0.3 is 0 Å². The summed E-state index contributed by atoms with van der Waals surface area (Å²) in [7, 11) is -7.01. The second-order valence-electron chi connectivity index (χ2n) is 4.52. The highest BCUT2D eigenvalue weighted by atomic mass is 32.2. The van der Waals surface area contributed by atoms with Crippen molar-refractivity contribution in [3.05, 3.63) is 29.8 Å². The lowest BCUT2D eigenvalue weighted by molar-refractivity contribution is 0.434. The van der Waals surface area contributed by atoms with E-state index >= 15 is 0 Å². The molecular formula is C12H14N2O4S2. The Labute approximate surface area is 118 Å². The van der Waals surface area contributed by atoms with Gasteiger partial charge in [0.25, 0.3) is 0 Å². The molecule has 0 atom stereocenters. The van der Waals surface area contributed by atoms with Gasteiger partial charge in [-0.2, -0.15) is 9.57 Å². The fraction of sp³-hybridized carbons (Fsp3) is 0.417. The first-order valence-corrected chi connectivity index (χ1v) is 9.33. The van der Waals surface area contributed by atoms with Gasteiger partial charge in [-0.25, -0.2) is 16.8 Å². The molecule has 6 nitrogen and oxygen atoms in total. The van der Waals surface area contributed by atoms with Crippen molar-refractivity contribution in [1.29, 1.82) is 5.26 Å². The van der Waals surface area contributed by atoms with Crippen LogP contribution in [0.3, 0.4) is 0 Å². The summed E-state index contributed by atoms with van der Waals surface area (Å²) in [5.41, 5.74) is 0.0691. The summed E-state index contributed by atoms with van der Waals surface area (Å²) in [6.45, 7) is 0.0890. The number of rotatable bonds is 2. The Bertz CT molecular complexity index is 748.